The average Bonchev–Trinajstić information content (AvgIpc) is 2.55. The van der Waals surface area contributed by atoms with E-state index in [1.54, 1.807) is 25.1 Å². The predicted octanol–water partition coefficient (Wildman–Crippen LogP) is 3.69. The molecule has 6 nitrogen and oxygen atoms in total. The quantitative estimate of drug-likeness (QED) is 0.389. The molecule has 0 unspecified atom stereocenters. The summed E-state index contributed by atoms with van der Waals surface area (Å²) in [6, 6.07) is 6.42. The molecule has 0 heterocycles. The van der Waals surface area contributed by atoms with E-state index < -0.39 is 18.2 Å². The molecule has 0 saturated carbocycles. The summed E-state index contributed by atoms with van der Waals surface area (Å²) in [5.74, 6) is -0.984. The number of rotatable bonds is 9. The Bertz CT molecular complexity index is 546. The summed E-state index contributed by atoms with van der Waals surface area (Å²) < 4.78 is 15.7. The van der Waals surface area contributed by atoms with E-state index >= 15 is 0 Å². The molecule has 132 valence electrons. The zero-order valence-electron chi connectivity index (χ0n) is 14.4. The molecule has 1 rings (SSSR count). The third-order valence-electron chi connectivity index (χ3n) is 3.04. The number of carbonyl (C=O) groups is 3. The Labute approximate surface area is 142 Å². The Morgan fingerprint density at radius 3 is 2.00 bits per heavy atom. The SMILES string of the molecule is CCCC(=O)OC(OC(=O)CCC)c1cccc(OC(=O)CC)c1. The number of esters is 3. The largest absolute Gasteiger partial charge is 0.427 e. The highest BCUT2D eigenvalue weighted by Crippen LogP contribution is 2.25. The van der Waals surface area contributed by atoms with Crippen LogP contribution < -0.4 is 4.74 Å². The second-order valence-electron chi connectivity index (χ2n) is 5.21. The molecule has 0 aromatic heterocycles. The lowest BCUT2D eigenvalue weighted by molar-refractivity contribution is -0.190. The van der Waals surface area contributed by atoms with Crippen molar-refractivity contribution in [2.45, 2.75) is 59.2 Å². The molecule has 1 aromatic rings. The van der Waals surface area contributed by atoms with Gasteiger partial charge in [-0.15, -0.1) is 0 Å². The van der Waals surface area contributed by atoms with Crippen molar-refractivity contribution in [2.75, 3.05) is 0 Å². The highest BCUT2D eigenvalue weighted by atomic mass is 16.7. The molecule has 0 saturated heterocycles. The monoisotopic (exact) mass is 336 g/mol. The zero-order valence-corrected chi connectivity index (χ0v) is 14.4. The second-order valence-corrected chi connectivity index (χ2v) is 5.21. The molecule has 0 radical (unpaired) electrons. The maximum absolute atomic E-state index is 11.8. The minimum Gasteiger partial charge on any atom is -0.427 e. The van der Waals surface area contributed by atoms with E-state index in [-0.39, 0.29) is 25.2 Å². The summed E-state index contributed by atoms with van der Waals surface area (Å²) >= 11 is 0. The second kappa shape index (κ2) is 10.4. The minimum absolute atomic E-state index is 0.229. The van der Waals surface area contributed by atoms with Crippen LogP contribution in [-0.4, -0.2) is 17.9 Å². The van der Waals surface area contributed by atoms with Gasteiger partial charge in [0.15, 0.2) is 0 Å². The van der Waals surface area contributed by atoms with Gasteiger partial charge in [0.1, 0.15) is 5.75 Å². The van der Waals surface area contributed by atoms with Crippen LogP contribution >= 0.6 is 0 Å². The lowest BCUT2D eigenvalue weighted by Gasteiger charge is -2.19. The molecule has 1 aromatic carbocycles. The molecule has 0 bridgehead atoms. The summed E-state index contributed by atoms with van der Waals surface area (Å²) in [7, 11) is 0. The fourth-order valence-corrected chi connectivity index (χ4v) is 1.85. The van der Waals surface area contributed by atoms with Crippen molar-refractivity contribution >= 4 is 17.9 Å². The number of hydrogen-bond donors (Lipinski definition) is 0. The molecule has 6 heteroatoms. The van der Waals surface area contributed by atoms with Crippen molar-refractivity contribution in [1.29, 1.82) is 0 Å². The van der Waals surface area contributed by atoms with Gasteiger partial charge in [-0.3, -0.25) is 14.4 Å². The van der Waals surface area contributed by atoms with Crippen LogP contribution in [0.5, 0.6) is 5.75 Å². The summed E-state index contributed by atoms with van der Waals surface area (Å²) in [6.07, 6.45) is 0.803. The third kappa shape index (κ3) is 6.81. The molecule has 0 spiro atoms. The van der Waals surface area contributed by atoms with Gasteiger partial charge in [-0.25, -0.2) is 0 Å². The number of carbonyl (C=O) groups excluding carboxylic acids is 3. The number of hydrogen-bond acceptors (Lipinski definition) is 6. The number of benzene rings is 1. The fraction of sp³-hybridized carbons (Fsp3) is 0.500. The van der Waals surface area contributed by atoms with Crippen molar-refractivity contribution < 1.29 is 28.6 Å². The first-order valence-electron chi connectivity index (χ1n) is 8.19. The fourth-order valence-electron chi connectivity index (χ4n) is 1.85. The molecule has 0 amide bonds. The van der Waals surface area contributed by atoms with Gasteiger partial charge in [0.2, 0.25) is 0 Å². The molecule has 0 aliphatic carbocycles. The van der Waals surface area contributed by atoms with Crippen molar-refractivity contribution in [3.05, 3.63) is 29.8 Å². The minimum atomic E-state index is -1.15. The summed E-state index contributed by atoms with van der Waals surface area (Å²) in [5, 5.41) is 0. The lowest BCUT2D eigenvalue weighted by Crippen LogP contribution is -2.18. The van der Waals surface area contributed by atoms with Crippen molar-refractivity contribution in [2.24, 2.45) is 0 Å². The predicted molar refractivity (Wildman–Crippen MR) is 87.1 cm³/mol. The summed E-state index contributed by atoms with van der Waals surface area (Å²) in [5.41, 5.74) is 0.435. The zero-order chi connectivity index (χ0) is 17.9. The van der Waals surface area contributed by atoms with E-state index in [9.17, 15) is 14.4 Å². The summed E-state index contributed by atoms with van der Waals surface area (Å²) in [4.78, 5) is 34.9. The molecule has 0 aliphatic rings. The van der Waals surface area contributed by atoms with E-state index in [0.29, 0.717) is 24.2 Å². The van der Waals surface area contributed by atoms with Crippen LogP contribution in [0.1, 0.15) is 64.7 Å². The average molecular weight is 336 g/mol. The first-order valence-corrected chi connectivity index (χ1v) is 8.19. The van der Waals surface area contributed by atoms with Crippen LogP contribution in [0.15, 0.2) is 24.3 Å². The van der Waals surface area contributed by atoms with Gasteiger partial charge in [0.25, 0.3) is 6.29 Å². The Morgan fingerprint density at radius 2 is 1.50 bits per heavy atom. The van der Waals surface area contributed by atoms with Crippen LogP contribution in [0.25, 0.3) is 0 Å². The van der Waals surface area contributed by atoms with E-state index in [0.717, 1.165) is 0 Å². The van der Waals surface area contributed by atoms with E-state index in [1.165, 1.54) is 6.07 Å². The normalized spacial score (nSPS) is 10.3. The highest BCUT2D eigenvalue weighted by molar-refractivity contribution is 5.72. The molecule has 0 atom stereocenters. The van der Waals surface area contributed by atoms with E-state index in [4.69, 9.17) is 14.2 Å². The summed E-state index contributed by atoms with van der Waals surface area (Å²) in [6.45, 7) is 5.39. The number of ether oxygens (including phenoxy) is 3. The Balaban J connectivity index is 2.95. The van der Waals surface area contributed by atoms with Crippen molar-refractivity contribution in [3.8, 4) is 5.75 Å². The van der Waals surface area contributed by atoms with Gasteiger partial charge in [0.05, 0.1) is 0 Å². The topological polar surface area (TPSA) is 78.9 Å². The van der Waals surface area contributed by atoms with Gasteiger partial charge in [0, 0.05) is 24.8 Å². The maximum Gasteiger partial charge on any atom is 0.310 e. The van der Waals surface area contributed by atoms with E-state index in [2.05, 4.69) is 0 Å². The molecule has 24 heavy (non-hydrogen) atoms. The van der Waals surface area contributed by atoms with Crippen LogP contribution in [0.4, 0.5) is 0 Å². The maximum atomic E-state index is 11.8. The van der Waals surface area contributed by atoms with Gasteiger partial charge >= 0.3 is 17.9 Å². The van der Waals surface area contributed by atoms with Gasteiger partial charge in [-0.1, -0.05) is 32.9 Å². The molecular weight excluding hydrogens is 312 g/mol. The standard InChI is InChI=1S/C18H24O6/c1-4-8-16(20)23-18(24-17(21)9-5-2)13-10-7-11-14(12-13)22-15(19)6-3/h7,10-12,18H,4-6,8-9H2,1-3H3. The third-order valence-corrected chi connectivity index (χ3v) is 3.04. The molecule has 0 N–H and O–H groups in total. The van der Waals surface area contributed by atoms with Crippen LogP contribution in [0.2, 0.25) is 0 Å². The van der Waals surface area contributed by atoms with Crippen molar-refractivity contribution in [1.82, 2.24) is 0 Å². The van der Waals surface area contributed by atoms with Gasteiger partial charge in [-0.05, 0) is 25.0 Å². The molecular formula is C18H24O6. The first-order chi connectivity index (χ1) is 11.5. The van der Waals surface area contributed by atoms with Crippen molar-refractivity contribution in [3.63, 3.8) is 0 Å². The van der Waals surface area contributed by atoms with Gasteiger partial charge < -0.3 is 14.2 Å². The van der Waals surface area contributed by atoms with Crippen LogP contribution in [0, 0.1) is 0 Å². The molecule has 0 aliphatic heterocycles. The molecule has 0 fully saturated rings. The Morgan fingerprint density at radius 1 is 0.917 bits per heavy atom. The van der Waals surface area contributed by atoms with Crippen LogP contribution in [0.3, 0.4) is 0 Å². The highest BCUT2D eigenvalue weighted by Gasteiger charge is 2.21. The lowest BCUT2D eigenvalue weighted by atomic mass is 10.2. The Kier molecular flexibility index (Phi) is 8.54. The first kappa shape index (κ1) is 19.7. The van der Waals surface area contributed by atoms with E-state index in [1.807, 2.05) is 13.8 Å². The smallest absolute Gasteiger partial charge is 0.310 e. The van der Waals surface area contributed by atoms with Gasteiger partial charge in [-0.2, -0.15) is 0 Å². The van der Waals surface area contributed by atoms with Crippen LogP contribution in [-0.2, 0) is 23.9 Å². The Hall–Kier alpha value is -2.37.